The number of hydrogen-bond donors (Lipinski definition) is 0. The third kappa shape index (κ3) is 4.79. The fraction of sp³-hybridized carbons (Fsp3) is 0.700. The van der Waals surface area contributed by atoms with Crippen molar-refractivity contribution in [3.63, 3.8) is 0 Å². The predicted molar refractivity (Wildman–Crippen MR) is 103 cm³/mol. The molecule has 1 saturated carbocycles. The van der Waals surface area contributed by atoms with Gasteiger partial charge >= 0.3 is 6.01 Å². The molecule has 0 atom stereocenters. The summed E-state index contributed by atoms with van der Waals surface area (Å²) in [6, 6.07) is 0.642. The van der Waals surface area contributed by atoms with Crippen LogP contribution in [0.2, 0.25) is 0 Å². The summed E-state index contributed by atoms with van der Waals surface area (Å²) in [5.41, 5.74) is 0. The molecule has 0 aromatic carbocycles. The molecule has 0 unspecified atom stereocenters. The number of anilines is 1. The van der Waals surface area contributed by atoms with Gasteiger partial charge < -0.3 is 18.9 Å². The first kappa shape index (κ1) is 19.1. The van der Waals surface area contributed by atoms with Gasteiger partial charge in [-0.15, -0.1) is 0 Å². The third-order valence-electron chi connectivity index (χ3n) is 5.49. The summed E-state index contributed by atoms with van der Waals surface area (Å²) in [4.78, 5) is 14.9. The van der Waals surface area contributed by atoms with E-state index in [2.05, 4.69) is 38.9 Å². The Morgan fingerprint density at radius 2 is 1.71 bits per heavy atom. The zero-order chi connectivity index (χ0) is 19.3. The zero-order valence-electron chi connectivity index (χ0n) is 16.7. The molecule has 2 fully saturated rings. The van der Waals surface area contributed by atoms with Crippen LogP contribution >= 0.6 is 0 Å². The number of piperidine rings is 1. The Morgan fingerprint density at radius 3 is 2.36 bits per heavy atom. The molecule has 4 rings (SSSR count). The summed E-state index contributed by atoms with van der Waals surface area (Å²) in [6.07, 6.45) is 11.9. The van der Waals surface area contributed by atoms with Gasteiger partial charge in [-0.25, -0.2) is 4.98 Å². The van der Waals surface area contributed by atoms with Crippen LogP contribution in [0, 0.1) is 0 Å². The molecule has 0 radical (unpaired) electrons. The second-order valence-corrected chi connectivity index (χ2v) is 7.97. The summed E-state index contributed by atoms with van der Waals surface area (Å²) in [7, 11) is 0. The fourth-order valence-corrected chi connectivity index (χ4v) is 3.85. The van der Waals surface area contributed by atoms with Gasteiger partial charge in [0.05, 0.1) is 18.4 Å². The van der Waals surface area contributed by atoms with Crippen LogP contribution in [0.25, 0.3) is 0 Å². The maximum Gasteiger partial charge on any atom is 0.324 e. The lowest BCUT2D eigenvalue weighted by molar-refractivity contribution is -0.0533. The Balaban J connectivity index is 1.18. The Morgan fingerprint density at radius 1 is 1.00 bits per heavy atom. The molecule has 2 aromatic rings. The van der Waals surface area contributed by atoms with Crippen LogP contribution in [0.1, 0.15) is 64.1 Å². The molecular formula is C20H29N5O3. The number of ether oxygens (including phenoxy) is 2. The molecule has 8 nitrogen and oxygen atoms in total. The lowest BCUT2D eigenvalue weighted by atomic mass is 9.94. The Hall–Kier alpha value is -2.22. The van der Waals surface area contributed by atoms with E-state index in [-0.39, 0.29) is 12.0 Å². The molecule has 3 heterocycles. The highest BCUT2D eigenvalue weighted by Crippen LogP contribution is 2.28. The third-order valence-corrected chi connectivity index (χ3v) is 5.49. The van der Waals surface area contributed by atoms with E-state index < -0.39 is 0 Å². The number of rotatable bonds is 6. The summed E-state index contributed by atoms with van der Waals surface area (Å²) < 4.78 is 17.7. The molecule has 0 bridgehead atoms. The molecule has 28 heavy (non-hydrogen) atoms. The second-order valence-electron chi connectivity index (χ2n) is 7.97. The van der Waals surface area contributed by atoms with Gasteiger partial charge in [-0.05, 0) is 38.5 Å². The van der Waals surface area contributed by atoms with E-state index in [9.17, 15) is 0 Å². The minimum absolute atomic E-state index is 0.214. The molecule has 0 spiro atoms. The maximum atomic E-state index is 6.38. The van der Waals surface area contributed by atoms with Crippen molar-refractivity contribution >= 4 is 6.01 Å². The Labute approximate surface area is 165 Å². The van der Waals surface area contributed by atoms with Gasteiger partial charge in [0.25, 0.3) is 0 Å². The van der Waals surface area contributed by atoms with Crippen LogP contribution in [0.15, 0.2) is 23.1 Å². The van der Waals surface area contributed by atoms with Crippen molar-refractivity contribution in [3.05, 3.63) is 24.4 Å². The van der Waals surface area contributed by atoms with E-state index in [1.807, 2.05) is 0 Å². The fourth-order valence-electron chi connectivity index (χ4n) is 3.85. The van der Waals surface area contributed by atoms with E-state index >= 15 is 0 Å². The van der Waals surface area contributed by atoms with Crippen molar-refractivity contribution in [2.75, 3.05) is 18.0 Å². The van der Waals surface area contributed by atoms with Gasteiger partial charge in [0, 0.05) is 31.4 Å². The first-order chi connectivity index (χ1) is 13.7. The first-order valence-corrected chi connectivity index (χ1v) is 10.3. The molecule has 1 aliphatic carbocycles. The highest BCUT2D eigenvalue weighted by molar-refractivity contribution is 5.26. The van der Waals surface area contributed by atoms with E-state index in [1.54, 1.807) is 18.6 Å². The molecule has 0 amide bonds. The summed E-state index contributed by atoms with van der Waals surface area (Å²) in [5, 5.41) is 4.06. The maximum absolute atomic E-state index is 6.38. The minimum atomic E-state index is 0.214. The minimum Gasteiger partial charge on any atom is -0.473 e. The normalized spacial score (nSPS) is 23.9. The van der Waals surface area contributed by atoms with Gasteiger partial charge in [0.1, 0.15) is 6.10 Å². The van der Waals surface area contributed by atoms with Gasteiger partial charge in [-0.3, -0.25) is 4.98 Å². The molecule has 8 heteroatoms. The number of aromatic nitrogens is 4. The average Bonchev–Trinajstić information content (AvgIpc) is 3.22. The van der Waals surface area contributed by atoms with Crippen molar-refractivity contribution in [2.24, 2.45) is 0 Å². The van der Waals surface area contributed by atoms with Crippen LogP contribution < -0.4 is 9.64 Å². The summed E-state index contributed by atoms with van der Waals surface area (Å²) >= 11 is 0. The molecule has 1 saturated heterocycles. The molecule has 1 aliphatic heterocycles. The van der Waals surface area contributed by atoms with Gasteiger partial charge in [-0.2, -0.15) is 4.98 Å². The largest absolute Gasteiger partial charge is 0.473 e. The van der Waals surface area contributed by atoms with E-state index in [0.29, 0.717) is 24.1 Å². The summed E-state index contributed by atoms with van der Waals surface area (Å²) in [5.74, 6) is 1.67. The lowest BCUT2D eigenvalue weighted by Gasteiger charge is -2.35. The van der Waals surface area contributed by atoms with Crippen molar-refractivity contribution in [1.29, 1.82) is 0 Å². The predicted octanol–water partition coefficient (Wildman–Crippen LogP) is 3.36. The van der Waals surface area contributed by atoms with Gasteiger partial charge in [-0.1, -0.05) is 19.0 Å². The van der Waals surface area contributed by atoms with Crippen LogP contribution in [0.4, 0.5) is 6.01 Å². The molecule has 152 valence electrons. The average molecular weight is 387 g/mol. The van der Waals surface area contributed by atoms with Gasteiger partial charge in [0.2, 0.25) is 5.88 Å². The van der Waals surface area contributed by atoms with Crippen LogP contribution in [-0.4, -0.2) is 51.5 Å². The first-order valence-electron chi connectivity index (χ1n) is 10.3. The van der Waals surface area contributed by atoms with Crippen LogP contribution in [0.3, 0.4) is 0 Å². The monoisotopic (exact) mass is 387 g/mol. The SMILES string of the molecule is CC(C)c1noc(N2CCC(OC3CCC(Oc4cnccn4)CC3)CC2)n1. The smallest absolute Gasteiger partial charge is 0.324 e. The van der Waals surface area contributed by atoms with Crippen molar-refractivity contribution < 1.29 is 14.0 Å². The van der Waals surface area contributed by atoms with E-state index in [4.69, 9.17) is 14.0 Å². The standard InChI is InChI=1S/C20H29N5O3/c1-14(2)19-23-20(28-24-19)25-11-7-17(8-12-25)26-15-3-5-16(6-4-15)27-18-13-21-9-10-22-18/h9-10,13-17H,3-8,11-12H2,1-2H3. The Bertz CT molecular complexity index is 722. The van der Waals surface area contributed by atoms with Crippen molar-refractivity contribution in [1.82, 2.24) is 20.1 Å². The Kier molecular flexibility index (Phi) is 6.04. The second kappa shape index (κ2) is 8.86. The highest BCUT2D eigenvalue weighted by atomic mass is 16.5. The van der Waals surface area contributed by atoms with Crippen molar-refractivity contribution in [3.8, 4) is 5.88 Å². The van der Waals surface area contributed by atoms with E-state index in [0.717, 1.165) is 57.4 Å². The highest BCUT2D eigenvalue weighted by Gasteiger charge is 2.29. The number of nitrogens with zero attached hydrogens (tertiary/aromatic N) is 5. The van der Waals surface area contributed by atoms with E-state index in [1.165, 1.54) is 0 Å². The summed E-state index contributed by atoms with van der Waals surface area (Å²) in [6.45, 7) is 5.94. The molecule has 0 N–H and O–H groups in total. The zero-order valence-corrected chi connectivity index (χ0v) is 16.7. The topological polar surface area (TPSA) is 86.4 Å². The molecule has 2 aliphatic rings. The number of hydrogen-bond acceptors (Lipinski definition) is 8. The molecule has 2 aromatic heterocycles. The van der Waals surface area contributed by atoms with Crippen molar-refractivity contribution in [2.45, 2.75) is 76.6 Å². The lowest BCUT2D eigenvalue weighted by Crippen LogP contribution is -2.39. The van der Waals surface area contributed by atoms with Crippen LogP contribution in [0.5, 0.6) is 5.88 Å². The molecular weight excluding hydrogens is 358 g/mol. The quantitative estimate of drug-likeness (QED) is 0.746. The van der Waals surface area contributed by atoms with Gasteiger partial charge in [0.15, 0.2) is 5.82 Å². The van der Waals surface area contributed by atoms with Crippen LogP contribution in [-0.2, 0) is 4.74 Å².